The molecule has 1 amide bonds. The maximum Gasteiger partial charge on any atom is 0.298 e. The lowest BCUT2D eigenvalue weighted by Gasteiger charge is -2.32. The number of anilines is 1. The van der Waals surface area contributed by atoms with E-state index in [4.69, 9.17) is 10.2 Å². The molecule has 0 aliphatic carbocycles. The number of rotatable bonds is 3. The van der Waals surface area contributed by atoms with E-state index in [-0.39, 0.29) is 36.1 Å². The second-order valence-corrected chi connectivity index (χ2v) is 7.75. The lowest BCUT2D eigenvalue weighted by atomic mass is 9.90. The van der Waals surface area contributed by atoms with Crippen LogP contribution in [0.2, 0.25) is 0 Å². The van der Waals surface area contributed by atoms with Crippen molar-refractivity contribution < 1.29 is 9.21 Å². The molecule has 2 aliphatic rings. The first-order valence-corrected chi connectivity index (χ1v) is 9.17. The van der Waals surface area contributed by atoms with E-state index in [1.807, 2.05) is 29.2 Å². The van der Waals surface area contributed by atoms with Gasteiger partial charge in [-0.1, -0.05) is 19.1 Å². The summed E-state index contributed by atoms with van der Waals surface area (Å²) in [5, 5.41) is 0. The number of benzene rings is 1. The number of nitrogens with two attached hydrogens (primary N) is 1. The molecule has 2 N–H and O–H groups in total. The van der Waals surface area contributed by atoms with Gasteiger partial charge in [0.05, 0.1) is 0 Å². The van der Waals surface area contributed by atoms with Gasteiger partial charge in [-0.15, -0.1) is 24.8 Å². The van der Waals surface area contributed by atoms with Crippen molar-refractivity contribution >= 4 is 47.8 Å². The Hall–Kier alpha value is -1.50. The van der Waals surface area contributed by atoms with Crippen LogP contribution in [0, 0.1) is 11.3 Å². The molecule has 4 rings (SSSR count). The van der Waals surface area contributed by atoms with Crippen LogP contribution in [0.25, 0.3) is 11.1 Å². The van der Waals surface area contributed by atoms with Crippen LogP contribution >= 0.6 is 24.8 Å². The number of carbonyl (C=O) groups excluding carboxylic acids is 1. The van der Waals surface area contributed by atoms with Gasteiger partial charge in [0.15, 0.2) is 5.58 Å². The van der Waals surface area contributed by atoms with Gasteiger partial charge in [-0.05, 0) is 43.4 Å². The van der Waals surface area contributed by atoms with Crippen molar-refractivity contribution in [2.24, 2.45) is 17.1 Å². The maximum atomic E-state index is 12.8. The van der Waals surface area contributed by atoms with Crippen molar-refractivity contribution in [3.63, 3.8) is 0 Å². The fourth-order valence-corrected chi connectivity index (χ4v) is 3.95. The molecule has 2 aliphatic heterocycles. The zero-order valence-electron chi connectivity index (χ0n) is 15.6. The molecule has 1 aromatic carbocycles. The van der Waals surface area contributed by atoms with Crippen molar-refractivity contribution in [2.75, 3.05) is 37.6 Å². The van der Waals surface area contributed by atoms with Crippen molar-refractivity contribution in [3.05, 3.63) is 24.3 Å². The second kappa shape index (κ2) is 8.67. The Bertz CT molecular complexity index is 743. The fraction of sp³-hybridized carbons (Fsp3) is 0.579. The van der Waals surface area contributed by atoms with Crippen LogP contribution in [0.4, 0.5) is 6.01 Å². The average molecular weight is 415 g/mol. The normalized spacial score (nSPS) is 23.2. The van der Waals surface area contributed by atoms with Gasteiger partial charge >= 0.3 is 0 Å². The standard InChI is InChI=1S/C19H26N4O2.2ClH/c1-19(12-20)8-11-23(13-19)17(24)14-6-9-22(10-7-14)18-21-15-4-2-3-5-16(15)25-18;;/h2-5,14H,6-13,20H2,1H3;2*1H. The summed E-state index contributed by atoms with van der Waals surface area (Å²) in [6.45, 7) is 6.09. The van der Waals surface area contributed by atoms with Crippen LogP contribution in [0.5, 0.6) is 0 Å². The Morgan fingerprint density at radius 1 is 1.26 bits per heavy atom. The van der Waals surface area contributed by atoms with Gasteiger partial charge in [-0.25, -0.2) is 0 Å². The lowest BCUT2D eigenvalue weighted by Crippen LogP contribution is -2.43. The highest BCUT2D eigenvalue weighted by molar-refractivity contribution is 5.85. The minimum absolute atomic E-state index is 0. The topological polar surface area (TPSA) is 75.6 Å². The van der Waals surface area contributed by atoms with Gasteiger partial charge < -0.3 is 20.0 Å². The summed E-state index contributed by atoms with van der Waals surface area (Å²) < 4.78 is 5.85. The monoisotopic (exact) mass is 414 g/mol. The van der Waals surface area contributed by atoms with E-state index in [9.17, 15) is 4.79 Å². The van der Waals surface area contributed by atoms with Crippen molar-refractivity contribution in [3.8, 4) is 0 Å². The van der Waals surface area contributed by atoms with Crippen molar-refractivity contribution in [2.45, 2.75) is 26.2 Å². The quantitative estimate of drug-likeness (QED) is 0.834. The van der Waals surface area contributed by atoms with E-state index in [0.29, 0.717) is 18.5 Å². The summed E-state index contributed by atoms with van der Waals surface area (Å²) in [4.78, 5) is 21.6. The molecule has 1 unspecified atom stereocenters. The first-order valence-electron chi connectivity index (χ1n) is 9.17. The molecule has 0 saturated carbocycles. The number of aromatic nitrogens is 1. The molecular weight excluding hydrogens is 387 g/mol. The van der Waals surface area contributed by atoms with Crippen LogP contribution in [0.3, 0.4) is 0 Å². The minimum Gasteiger partial charge on any atom is -0.423 e. The summed E-state index contributed by atoms with van der Waals surface area (Å²) in [7, 11) is 0. The molecule has 8 heteroatoms. The Kier molecular flexibility index (Phi) is 7.00. The summed E-state index contributed by atoms with van der Waals surface area (Å²) in [6.07, 6.45) is 2.72. The number of hydrogen-bond acceptors (Lipinski definition) is 5. The highest BCUT2D eigenvalue weighted by Crippen LogP contribution is 2.32. The number of hydrogen-bond donors (Lipinski definition) is 1. The predicted octanol–water partition coefficient (Wildman–Crippen LogP) is 3.09. The number of para-hydroxylation sites is 2. The summed E-state index contributed by atoms with van der Waals surface area (Å²) in [5.74, 6) is 0.412. The average Bonchev–Trinajstić information content (AvgIpc) is 3.25. The third kappa shape index (κ3) is 4.33. The molecule has 0 radical (unpaired) electrons. The number of likely N-dealkylation sites (tertiary alicyclic amines) is 1. The van der Waals surface area contributed by atoms with Crippen LogP contribution in [-0.2, 0) is 4.79 Å². The van der Waals surface area contributed by atoms with E-state index >= 15 is 0 Å². The summed E-state index contributed by atoms with van der Waals surface area (Å²) >= 11 is 0. The Labute approximate surface area is 172 Å². The first kappa shape index (κ1) is 21.8. The van der Waals surface area contributed by atoms with Crippen LogP contribution < -0.4 is 10.6 Å². The molecule has 0 bridgehead atoms. The zero-order valence-corrected chi connectivity index (χ0v) is 17.2. The first-order chi connectivity index (χ1) is 12.1. The Balaban J connectivity index is 0.00000131. The number of oxazole rings is 1. The molecule has 1 aromatic heterocycles. The third-order valence-electron chi connectivity index (χ3n) is 5.76. The van der Waals surface area contributed by atoms with E-state index in [0.717, 1.165) is 56.5 Å². The number of carbonyl (C=O) groups is 1. The van der Waals surface area contributed by atoms with Crippen LogP contribution in [-0.4, -0.2) is 48.5 Å². The van der Waals surface area contributed by atoms with E-state index in [1.165, 1.54) is 0 Å². The van der Waals surface area contributed by atoms with Gasteiger partial charge in [0.25, 0.3) is 6.01 Å². The number of nitrogens with zero attached hydrogens (tertiary/aromatic N) is 3. The highest BCUT2D eigenvalue weighted by Gasteiger charge is 2.38. The molecule has 6 nitrogen and oxygen atoms in total. The molecule has 150 valence electrons. The molecule has 0 spiro atoms. The lowest BCUT2D eigenvalue weighted by molar-refractivity contribution is -0.135. The largest absolute Gasteiger partial charge is 0.423 e. The predicted molar refractivity (Wildman–Crippen MR) is 112 cm³/mol. The molecule has 2 saturated heterocycles. The SMILES string of the molecule is CC1(CN)CCN(C(=O)C2CCN(c3nc4ccccc4o3)CC2)C1.Cl.Cl. The summed E-state index contributed by atoms with van der Waals surface area (Å²) in [6, 6.07) is 8.48. The number of amides is 1. The number of piperidine rings is 1. The minimum atomic E-state index is 0. The van der Waals surface area contributed by atoms with E-state index in [2.05, 4.69) is 16.8 Å². The van der Waals surface area contributed by atoms with Crippen LogP contribution in [0.1, 0.15) is 26.2 Å². The molecule has 2 aromatic rings. The molecular formula is C19H28Cl2N4O2. The maximum absolute atomic E-state index is 12.8. The Morgan fingerprint density at radius 3 is 2.59 bits per heavy atom. The number of halogens is 2. The fourth-order valence-electron chi connectivity index (χ4n) is 3.95. The van der Waals surface area contributed by atoms with Gasteiger partial charge in [0, 0.05) is 32.1 Å². The van der Waals surface area contributed by atoms with Gasteiger partial charge in [-0.3, -0.25) is 4.79 Å². The van der Waals surface area contributed by atoms with E-state index in [1.54, 1.807) is 0 Å². The Morgan fingerprint density at radius 2 is 1.96 bits per heavy atom. The summed E-state index contributed by atoms with van der Waals surface area (Å²) in [5.41, 5.74) is 7.65. The third-order valence-corrected chi connectivity index (χ3v) is 5.76. The zero-order chi connectivity index (χ0) is 17.4. The number of fused-ring (bicyclic) bond motifs is 1. The highest BCUT2D eigenvalue weighted by atomic mass is 35.5. The van der Waals surface area contributed by atoms with Gasteiger partial charge in [0.2, 0.25) is 5.91 Å². The van der Waals surface area contributed by atoms with Crippen LogP contribution in [0.15, 0.2) is 28.7 Å². The van der Waals surface area contributed by atoms with Crippen molar-refractivity contribution in [1.82, 2.24) is 9.88 Å². The van der Waals surface area contributed by atoms with Gasteiger partial charge in [0.1, 0.15) is 5.52 Å². The van der Waals surface area contributed by atoms with E-state index < -0.39 is 0 Å². The molecule has 27 heavy (non-hydrogen) atoms. The smallest absolute Gasteiger partial charge is 0.298 e. The second-order valence-electron chi connectivity index (χ2n) is 7.75. The van der Waals surface area contributed by atoms with Gasteiger partial charge in [-0.2, -0.15) is 4.98 Å². The molecule has 1 atom stereocenters. The van der Waals surface area contributed by atoms with Crippen molar-refractivity contribution in [1.29, 1.82) is 0 Å². The molecule has 2 fully saturated rings. The molecule has 3 heterocycles.